The summed E-state index contributed by atoms with van der Waals surface area (Å²) in [6.45, 7) is 17.3. The molecule has 0 aliphatic heterocycles. The Morgan fingerprint density at radius 1 is 0.361 bits per heavy atom. The highest BCUT2D eigenvalue weighted by atomic mass is 33.1. The van der Waals surface area contributed by atoms with Crippen molar-refractivity contribution in [2.45, 2.75) is 119 Å². The molecule has 0 fully saturated rings. The zero-order valence-electron chi connectivity index (χ0n) is 24.4. The lowest BCUT2D eigenvalue weighted by Crippen LogP contribution is -2.50. The number of unbranched alkanes of at least 4 members (excludes halogenated alkanes) is 6. The molecular formula is C26H58O6S2Si2. The molecule has 0 aliphatic rings. The van der Waals surface area contributed by atoms with Gasteiger partial charge in [-0.25, -0.2) is 0 Å². The summed E-state index contributed by atoms with van der Waals surface area (Å²) in [5.41, 5.74) is 0. The molecular weight excluding hydrogens is 529 g/mol. The summed E-state index contributed by atoms with van der Waals surface area (Å²) < 4.78 is 38.5. The average molecular weight is 587 g/mol. The van der Waals surface area contributed by atoms with E-state index in [2.05, 4.69) is 41.5 Å². The van der Waals surface area contributed by atoms with E-state index in [-0.39, 0.29) is 0 Å². The van der Waals surface area contributed by atoms with Crippen molar-refractivity contribution in [3.8, 4) is 0 Å². The van der Waals surface area contributed by atoms with E-state index in [1.807, 2.05) is 0 Å². The summed E-state index contributed by atoms with van der Waals surface area (Å²) in [5, 5.41) is 1.47. The van der Waals surface area contributed by atoms with E-state index in [0.29, 0.717) is 39.6 Å². The third-order valence-corrected chi connectivity index (χ3v) is 15.9. The van der Waals surface area contributed by atoms with Crippen molar-refractivity contribution < 1.29 is 26.6 Å². The van der Waals surface area contributed by atoms with Gasteiger partial charge in [0.1, 0.15) is 0 Å². The second-order valence-electron chi connectivity index (χ2n) is 9.10. The maximum Gasteiger partial charge on any atom is 0.512 e. The summed E-state index contributed by atoms with van der Waals surface area (Å²) in [6.07, 6.45) is 12.8. The van der Waals surface area contributed by atoms with Crippen LogP contribution in [0.2, 0.25) is 0 Å². The first-order valence-corrected chi connectivity index (χ1v) is 21.0. The van der Waals surface area contributed by atoms with Gasteiger partial charge in [0, 0.05) is 39.6 Å². The van der Waals surface area contributed by atoms with Gasteiger partial charge in [-0.3, -0.25) is 0 Å². The lowest BCUT2D eigenvalue weighted by atomic mass is 10.4. The summed E-state index contributed by atoms with van der Waals surface area (Å²) in [7, 11) is -1.97. The zero-order valence-corrected chi connectivity index (χ0v) is 28.0. The minimum Gasteiger partial charge on any atom is -0.373 e. The van der Waals surface area contributed by atoms with Crippen LogP contribution in [0, 0.1) is 0 Å². The van der Waals surface area contributed by atoms with Gasteiger partial charge in [0.2, 0.25) is 0 Å². The predicted octanol–water partition coefficient (Wildman–Crippen LogP) is 8.22. The summed E-state index contributed by atoms with van der Waals surface area (Å²) in [4.78, 5) is 0. The van der Waals surface area contributed by atoms with Crippen LogP contribution in [0.15, 0.2) is 0 Å². The van der Waals surface area contributed by atoms with Crippen LogP contribution in [0.5, 0.6) is 0 Å². The van der Waals surface area contributed by atoms with Crippen molar-refractivity contribution in [3.05, 3.63) is 0 Å². The second-order valence-corrected chi connectivity index (χ2v) is 17.8. The number of rotatable bonds is 29. The predicted molar refractivity (Wildman–Crippen MR) is 162 cm³/mol. The molecule has 0 saturated heterocycles. The fraction of sp³-hybridized carbons (Fsp3) is 1.00. The number of hydrogen-bond acceptors (Lipinski definition) is 8. The smallest absolute Gasteiger partial charge is 0.373 e. The van der Waals surface area contributed by atoms with Crippen LogP contribution < -0.4 is 0 Å². The molecule has 6 nitrogen and oxygen atoms in total. The van der Waals surface area contributed by atoms with Gasteiger partial charge in [-0.2, -0.15) is 0 Å². The zero-order chi connectivity index (χ0) is 26.8. The highest BCUT2D eigenvalue weighted by Crippen LogP contribution is 2.31. The van der Waals surface area contributed by atoms with Crippen molar-refractivity contribution in [2.24, 2.45) is 0 Å². The highest BCUT2D eigenvalue weighted by Gasteiger charge is 2.44. The molecule has 10 heteroatoms. The molecule has 36 heavy (non-hydrogen) atoms. The topological polar surface area (TPSA) is 55.4 Å². The molecule has 0 amide bonds. The second kappa shape index (κ2) is 26.1. The van der Waals surface area contributed by atoms with Gasteiger partial charge in [-0.1, -0.05) is 102 Å². The van der Waals surface area contributed by atoms with Crippen molar-refractivity contribution >= 4 is 39.2 Å². The molecule has 0 aromatic carbocycles. The molecule has 0 saturated carbocycles. The molecule has 0 bridgehead atoms. The number of hydrogen-bond donors (Lipinski definition) is 0. The summed E-state index contributed by atoms with van der Waals surface area (Å²) in [6, 6.07) is 0. The first-order chi connectivity index (χ1) is 17.6. The highest BCUT2D eigenvalue weighted by molar-refractivity contribution is 8.77. The Bertz CT molecular complexity index is 373. The Morgan fingerprint density at radius 3 is 0.722 bits per heavy atom. The van der Waals surface area contributed by atoms with Gasteiger partial charge in [-0.05, 0) is 38.5 Å². The average Bonchev–Trinajstić information content (AvgIpc) is 2.87. The Hall–Kier alpha value is 0.894. The molecule has 0 radical (unpaired) electrons. The molecule has 0 aromatic rings. The van der Waals surface area contributed by atoms with Gasteiger partial charge in [0.15, 0.2) is 0 Å². The Kier molecular flexibility index (Phi) is 26.8. The fourth-order valence-corrected chi connectivity index (χ4v) is 14.1. The van der Waals surface area contributed by atoms with E-state index in [1.165, 1.54) is 0 Å². The molecule has 0 aliphatic carbocycles. The molecule has 0 N–H and O–H groups in total. The van der Waals surface area contributed by atoms with Crippen LogP contribution in [0.25, 0.3) is 0 Å². The van der Waals surface area contributed by atoms with E-state index in [1.54, 1.807) is 21.6 Å². The van der Waals surface area contributed by atoms with Gasteiger partial charge in [0.05, 0.1) is 10.8 Å². The maximum absolute atomic E-state index is 6.41. The quantitative estimate of drug-likeness (QED) is 0.0493. The maximum atomic E-state index is 6.41. The molecule has 0 unspecified atom stereocenters. The Labute approximate surface area is 234 Å². The van der Waals surface area contributed by atoms with E-state index in [9.17, 15) is 0 Å². The minimum atomic E-state index is -2.76. The molecule has 0 rings (SSSR count). The van der Waals surface area contributed by atoms with E-state index in [0.717, 1.165) is 87.8 Å². The van der Waals surface area contributed by atoms with E-state index < -0.39 is 17.6 Å². The Morgan fingerprint density at radius 2 is 0.556 bits per heavy atom. The third kappa shape index (κ3) is 19.0. The van der Waals surface area contributed by atoms with Gasteiger partial charge in [-0.15, -0.1) is 0 Å². The molecule has 0 spiro atoms. The first kappa shape index (κ1) is 36.9. The monoisotopic (exact) mass is 586 g/mol. The first-order valence-electron chi connectivity index (χ1n) is 14.7. The van der Waals surface area contributed by atoms with Crippen LogP contribution in [0.1, 0.15) is 119 Å². The SMILES string of the molecule is CCCCO[Si](CSSC[Si](OCCCC)(OCCCC)OCCCC)(OCCCC)OCCCC. The van der Waals surface area contributed by atoms with E-state index >= 15 is 0 Å². The van der Waals surface area contributed by atoms with Crippen LogP contribution in [-0.4, -0.2) is 68.0 Å². The van der Waals surface area contributed by atoms with Crippen LogP contribution >= 0.6 is 21.6 Å². The lowest BCUT2D eigenvalue weighted by molar-refractivity contribution is 0.0610. The lowest BCUT2D eigenvalue weighted by Gasteiger charge is -2.31. The largest absolute Gasteiger partial charge is 0.512 e. The van der Waals surface area contributed by atoms with Crippen LogP contribution in [0.3, 0.4) is 0 Å². The van der Waals surface area contributed by atoms with Crippen molar-refractivity contribution in [1.29, 1.82) is 0 Å². The van der Waals surface area contributed by atoms with Gasteiger partial charge >= 0.3 is 17.6 Å². The normalized spacial score (nSPS) is 12.5. The fourth-order valence-electron chi connectivity index (χ4n) is 2.96. The minimum absolute atomic E-state index is 0.700. The van der Waals surface area contributed by atoms with Gasteiger partial charge in [0.25, 0.3) is 0 Å². The van der Waals surface area contributed by atoms with Crippen LogP contribution in [-0.2, 0) is 26.6 Å². The third-order valence-electron chi connectivity index (χ3n) is 5.47. The summed E-state index contributed by atoms with van der Waals surface area (Å²) >= 11 is 0. The van der Waals surface area contributed by atoms with E-state index in [4.69, 9.17) is 26.6 Å². The van der Waals surface area contributed by atoms with Gasteiger partial charge < -0.3 is 26.6 Å². The Balaban J connectivity index is 5.31. The van der Waals surface area contributed by atoms with Crippen molar-refractivity contribution in [2.75, 3.05) is 50.4 Å². The molecule has 0 aromatic heterocycles. The van der Waals surface area contributed by atoms with Crippen LogP contribution in [0.4, 0.5) is 0 Å². The summed E-state index contributed by atoms with van der Waals surface area (Å²) in [5.74, 6) is 0. The molecule has 218 valence electrons. The molecule has 0 heterocycles. The molecule has 0 atom stereocenters. The van der Waals surface area contributed by atoms with Crippen molar-refractivity contribution in [1.82, 2.24) is 0 Å². The standard InChI is InChI=1S/C26H58O6S2Si2/c1-7-13-19-27-35(28-20-14-8-2,29-21-15-9-3)25-33-34-26-36(30-22-16-10-4,31-23-17-11-5)32-24-18-12-6/h7-26H2,1-6H3. The van der Waals surface area contributed by atoms with Crippen molar-refractivity contribution in [3.63, 3.8) is 0 Å².